The van der Waals surface area contributed by atoms with E-state index >= 15 is 0 Å². The zero-order valence-corrected chi connectivity index (χ0v) is 32.3. The van der Waals surface area contributed by atoms with Crippen molar-refractivity contribution in [3.05, 3.63) is 132 Å². The maximum atomic E-state index is 9.60. The van der Waals surface area contributed by atoms with Crippen molar-refractivity contribution in [2.45, 2.75) is 38.5 Å². The van der Waals surface area contributed by atoms with Crippen molar-refractivity contribution in [1.29, 1.82) is 5.26 Å². The largest absolute Gasteiger partial charge is 0.457 e. The molecule has 2 aliphatic rings. The van der Waals surface area contributed by atoms with Gasteiger partial charge in [-0.15, -0.1) is 0 Å². The third kappa shape index (κ3) is 8.80. The number of nitrogen functional groups attached to an aromatic ring is 1. The van der Waals surface area contributed by atoms with Crippen LogP contribution < -0.4 is 25.0 Å². The van der Waals surface area contributed by atoms with Gasteiger partial charge in [0.1, 0.15) is 51.7 Å². The fourth-order valence-corrected chi connectivity index (χ4v) is 7.55. The van der Waals surface area contributed by atoms with E-state index in [0.717, 1.165) is 101 Å². The number of anilines is 3. The van der Waals surface area contributed by atoms with Crippen molar-refractivity contribution < 1.29 is 9.47 Å². The summed E-state index contributed by atoms with van der Waals surface area (Å²) in [6.07, 6.45) is 7.23. The molecule has 0 spiro atoms. The molecule has 2 saturated heterocycles. The second-order valence-corrected chi connectivity index (χ2v) is 14.5. The number of ether oxygens (including phenoxy) is 2. The highest BCUT2D eigenvalue weighted by Crippen LogP contribution is 2.36. The number of halogens is 1. The van der Waals surface area contributed by atoms with Gasteiger partial charge in [0, 0.05) is 37.3 Å². The van der Waals surface area contributed by atoms with Crippen molar-refractivity contribution in [3.8, 4) is 51.3 Å². The molecule has 2 fully saturated rings. The van der Waals surface area contributed by atoms with Gasteiger partial charge in [-0.25, -0.2) is 9.97 Å². The molecule has 0 atom stereocenters. The van der Waals surface area contributed by atoms with Crippen LogP contribution in [-0.4, -0.2) is 46.3 Å². The molecule has 57 heavy (non-hydrogen) atoms. The van der Waals surface area contributed by atoms with E-state index in [0.29, 0.717) is 17.0 Å². The molecule has 4 aromatic carbocycles. The molecule has 286 valence electrons. The lowest BCUT2D eigenvalue weighted by Gasteiger charge is -2.28. The molecule has 0 radical (unpaired) electrons. The minimum Gasteiger partial charge on any atom is -0.457 e. The van der Waals surface area contributed by atoms with E-state index < -0.39 is 0 Å². The third-order valence-corrected chi connectivity index (χ3v) is 10.5. The first-order valence-electron chi connectivity index (χ1n) is 19.4. The number of hydrogen-bond donors (Lipinski definition) is 2. The summed E-state index contributed by atoms with van der Waals surface area (Å²) in [6.45, 7) is 4.00. The average molecular weight is 775 g/mol. The van der Waals surface area contributed by atoms with E-state index in [2.05, 4.69) is 49.2 Å². The van der Waals surface area contributed by atoms with Gasteiger partial charge in [0.25, 0.3) is 0 Å². The highest BCUT2D eigenvalue weighted by Gasteiger charge is 2.20. The van der Waals surface area contributed by atoms with Crippen LogP contribution in [-0.2, 0) is 0 Å². The van der Waals surface area contributed by atoms with Crippen LogP contribution in [0, 0.1) is 11.3 Å². The average Bonchev–Trinajstić information content (AvgIpc) is 3.65. The van der Waals surface area contributed by atoms with Crippen LogP contribution in [0.4, 0.5) is 17.5 Å². The fourth-order valence-electron chi connectivity index (χ4n) is 7.32. The Labute approximate surface area is 337 Å². The van der Waals surface area contributed by atoms with E-state index in [1.807, 2.05) is 103 Å². The first kappa shape index (κ1) is 37.4. The minimum absolute atomic E-state index is 0.255. The number of aromatic amines is 1. The highest BCUT2D eigenvalue weighted by atomic mass is 35.5. The van der Waals surface area contributed by atoms with Gasteiger partial charge in [-0.2, -0.15) is 10.4 Å². The Balaban J connectivity index is 0.000000160. The maximum Gasteiger partial charge on any atom is 0.185 e. The number of H-pyrrole nitrogens is 1. The Morgan fingerprint density at radius 2 is 1.05 bits per heavy atom. The second-order valence-electron chi connectivity index (χ2n) is 14.1. The number of pyridine rings is 2. The Kier molecular flexibility index (Phi) is 11.5. The number of nitriles is 1. The Hall–Kier alpha value is -6.57. The van der Waals surface area contributed by atoms with Crippen LogP contribution >= 0.6 is 11.6 Å². The Bertz CT molecular complexity index is 2460. The summed E-state index contributed by atoms with van der Waals surface area (Å²) in [5, 5.41) is 17.9. The number of aromatic nitrogens is 4. The number of piperidine rings is 2. The van der Waals surface area contributed by atoms with Gasteiger partial charge in [-0.1, -0.05) is 72.3 Å². The summed E-state index contributed by atoms with van der Waals surface area (Å²) in [6, 6.07) is 41.5. The molecule has 3 N–H and O–H groups in total. The molecule has 10 nitrogen and oxygen atoms in total. The molecule has 0 aliphatic carbocycles. The van der Waals surface area contributed by atoms with Gasteiger partial charge in [0.05, 0.1) is 10.9 Å². The summed E-state index contributed by atoms with van der Waals surface area (Å²) in [4.78, 5) is 13.8. The first-order valence-corrected chi connectivity index (χ1v) is 19.8. The van der Waals surface area contributed by atoms with Gasteiger partial charge >= 0.3 is 0 Å². The lowest BCUT2D eigenvalue weighted by atomic mass is 10.0. The lowest BCUT2D eigenvalue weighted by Crippen LogP contribution is -2.30. The summed E-state index contributed by atoms with van der Waals surface area (Å²) in [5.74, 6) is 5.47. The van der Waals surface area contributed by atoms with Crippen molar-refractivity contribution in [2.24, 2.45) is 0 Å². The number of rotatable bonds is 8. The van der Waals surface area contributed by atoms with E-state index in [9.17, 15) is 5.26 Å². The maximum absolute atomic E-state index is 9.60. The van der Waals surface area contributed by atoms with Crippen LogP contribution in [0.5, 0.6) is 23.0 Å². The molecule has 11 heteroatoms. The SMILES string of the molecule is N#Cc1c(-c2ccc(Oc3ccccc3)cc2)cc(N2CCCCC2)nc1Cl.Nc1[nH]nc2nc(N3CCCCC3)cc(-c3ccc(Oc4ccccc4)cc3)c12. The standard InChI is InChI=1S/C23H20ClN3O.C23H23N5O/c24-23-21(16-25)20(15-22(26-23)27-13-5-2-6-14-27)17-9-11-19(12-10-17)28-18-7-3-1-4-8-18;24-22-21-19(15-20(25-23(21)27-26-22)28-13-5-2-6-14-28)16-9-11-18(12-10-16)29-17-7-3-1-4-8-17/h1,3-4,7-12,15H,2,5-6,13-14H2;1,3-4,7-12,15H,2,5-6,13-14H2,(H3,24,25,26,27). The van der Waals surface area contributed by atoms with Crippen LogP contribution in [0.15, 0.2) is 121 Å². The topological polar surface area (TPSA) is 129 Å². The summed E-state index contributed by atoms with van der Waals surface area (Å²) >= 11 is 6.36. The molecule has 7 aromatic rings. The third-order valence-electron chi connectivity index (χ3n) is 10.3. The molecule has 0 bridgehead atoms. The van der Waals surface area contributed by atoms with Crippen LogP contribution in [0.1, 0.15) is 44.1 Å². The van der Waals surface area contributed by atoms with Crippen LogP contribution in [0.25, 0.3) is 33.3 Å². The molecule has 0 amide bonds. The van der Waals surface area contributed by atoms with Crippen molar-refractivity contribution >= 4 is 40.1 Å². The molecule has 5 heterocycles. The van der Waals surface area contributed by atoms with Crippen molar-refractivity contribution in [3.63, 3.8) is 0 Å². The molecule has 0 saturated carbocycles. The summed E-state index contributed by atoms with van der Waals surface area (Å²) in [5.41, 5.74) is 11.0. The number of para-hydroxylation sites is 2. The van der Waals surface area contributed by atoms with Gasteiger partial charge in [-0.05, 0) is 110 Å². The Morgan fingerprint density at radius 1 is 0.596 bits per heavy atom. The minimum atomic E-state index is 0.255. The van der Waals surface area contributed by atoms with Gasteiger partial charge < -0.3 is 25.0 Å². The molecule has 3 aromatic heterocycles. The van der Waals surface area contributed by atoms with Crippen LogP contribution in [0.2, 0.25) is 5.15 Å². The molecule has 9 rings (SSSR count). The predicted octanol–water partition coefficient (Wildman–Crippen LogP) is 11.0. The highest BCUT2D eigenvalue weighted by molar-refractivity contribution is 6.31. The fraction of sp³-hybridized carbons (Fsp3) is 0.217. The summed E-state index contributed by atoms with van der Waals surface area (Å²) < 4.78 is 11.8. The number of fused-ring (bicyclic) bond motifs is 1. The van der Waals surface area contributed by atoms with E-state index in [4.69, 9.17) is 31.8 Å². The zero-order valence-electron chi connectivity index (χ0n) is 31.6. The second kappa shape index (κ2) is 17.5. The number of nitrogens with zero attached hydrogens (tertiary/aromatic N) is 6. The van der Waals surface area contributed by atoms with E-state index in [1.165, 1.54) is 25.7 Å². The smallest absolute Gasteiger partial charge is 0.185 e. The predicted molar refractivity (Wildman–Crippen MR) is 228 cm³/mol. The molecular weight excluding hydrogens is 732 g/mol. The molecule has 2 aliphatic heterocycles. The number of nitrogens with one attached hydrogen (secondary N) is 1. The van der Waals surface area contributed by atoms with Crippen molar-refractivity contribution in [1.82, 2.24) is 20.2 Å². The quantitative estimate of drug-likeness (QED) is 0.145. The van der Waals surface area contributed by atoms with Gasteiger partial charge in [0.2, 0.25) is 0 Å². The van der Waals surface area contributed by atoms with Crippen LogP contribution in [0.3, 0.4) is 0 Å². The van der Waals surface area contributed by atoms with Crippen molar-refractivity contribution in [2.75, 3.05) is 41.7 Å². The zero-order chi connectivity index (χ0) is 39.0. The van der Waals surface area contributed by atoms with Gasteiger partial charge in [-0.3, -0.25) is 5.10 Å². The normalized spacial score (nSPS) is 14.0. The van der Waals surface area contributed by atoms with E-state index in [1.54, 1.807) is 0 Å². The van der Waals surface area contributed by atoms with E-state index in [-0.39, 0.29) is 5.15 Å². The van der Waals surface area contributed by atoms with Gasteiger partial charge in [0.15, 0.2) is 5.65 Å². The Morgan fingerprint density at radius 3 is 1.56 bits per heavy atom. The summed E-state index contributed by atoms with van der Waals surface area (Å²) in [7, 11) is 0. The first-order chi connectivity index (χ1) is 28.0. The molecule has 0 unspecified atom stereocenters. The number of benzene rings is 4. The molecular formula is C46H43ClN8O2. The monoisotopic (exact) mass is 774 g/mol. The lowest BCUT2D eigenvalue weighted by molar-refractivity contribution is 0.482. The number of hydrogen-bond acceptors (Lipinski definition) is 9. The number of nitrogens with two attached hydrogens (primary N) is 1.